The number of nitrogens with two attached hydrogens (primary N) is 2. The number of sulfonamides is 1. The van der Waals surface area contributed by atoms with Gasteiger partial charge < -0.3 is 11.5 Å². The van der Waals surface area contributed by atoms with Crippen LogP contribution >= 0.6 is 0 Å². The summed E-state index contributed by atoms with van der Waals surface area (Å²) in [5, 5.41) is 0. The van der Waals surface area contributed by atoms with E-state index in [0.29, 0.717) is 0 Å². The Morgan fingerprint density at radius 1 is 1.33 bits per heavy atom. The number of nitrogen functional groups attached to an aromatic ring is 1. The molecule has 5 N–H and O–H groups in total. The minimum Gasteiger partial charge on any atom is -0.399 e. The Hall–Kier alpha value is -1.67. The van der Waals surface area contributed by atoms with Gasteiger partial charge >= 0.3 is 0 Å². The molecule has 0 spiro atoms. The maximum Gasteiger partial charge on any atom is 0.240 e. The Bertz CT molecular complexity index is 525. The lowest BCUT2D eigenvalue weighted by atomic mass is 10.3. The first kappa shape index (κ1) is 14.4. The zero-order valence-electron chi connectivity index (χ0n) is 9.52. The average molecular weight is 275 g/mol. The fraction of sp³-hybridized carbons (Fsp3) is 0.300. The second kappa shape index (κ2) is 5.78. The highest BCUT2D eigenvalue weighted by Gasteiger charge is 2.15. The molecule has 0 fully saturated rings. The zero-order valence-corrected chi connectivity index (χ0v) is 10.3. The minimum absolute atomic E-state index is 0.0208. The second-order valence-electron chi connectivity index (χ2n) is 3.69. The molecule has 1 aromatic carbocycles. The molecule has 6 nitrogen and oxygen atoms in total. The largest absolute Gasteiger partial charge is 0.399 e. The number of amides is 1. The molecule has 8 heteroatoms. The van der Waals surface area contributed by atoms with E-state index in [4.69, 9.17) is 11.5 Å². The van der Waals surface area contributed by atoms with Gasteiger partial charge in [-0.1, -0.05) is 0 Å². The summed E-state index contributed by atoms with van der Waals surface area (Å²) < 4.78 is 38.7. The van der Waals surface area contributed by atoms with Gasteiger partial charge in [-0.05, 0) is 24.6 Å². The summed E-state index contributed by atoms with van der Waals surface area (Å²) in [4.78, 5) is 10.2. The fourth-order valence-corrected chi connectivity index (χ4v) is 2.43. The number of hydrogen-bond acceptors (Lipinski definition) is 4. The van der Waals surface area contributed by atoms with E-state index in [9.17, 15) is 17.6 Å². The minimum atomic E-state index is -3.83. The second-order valence-corrected chi connectivity index (χ2v) is 5.45. The van der Waals surface area contributed by atoms with Crippen LogP contribution in [0.3, 0.4) is 0 Å². The maximum absolute atomic E-state index is 13.0. The highest BCUT2D eigenvalue weighted by atomic mass is 32.2. The van der Waals surface area contributed by atoms with Crippen molar-refractivity contribution >= 4 is 21.6 Å². The van der Waals surface area contributed by atoms with Gasteiger partial charge in [0.05, 0.1) is 4.90 Å². The van der Waals surface area contributed by atoms with Gasteiger partial charge in [-0.3, -0.25) is 4.79 Å². The molecular formula is C10H14FN3O3S. The summed E-state index contributed by atoms with van der Waals surface area (Å²) >= 11 is 0. The molecule has 0 aromatic heterocycles. The van der Waals surface area contributed by atoms with Crippen LogP contribution in [0.15, 0.2) is 23.1 Å². The van der Waals surface area contributed by atoms with Crippen LogP contribution in [0.2, 0.25) is 0 Å². The molecular weight excluding hydrogens is 261 g/mol. The van der Waals surface area contributed by atoms with E-state index < -0.39 is 21.7 Å². The number of carbonyl (C=O) groups excluding carboxylic acids is 1. The van der Waals surface area contributed by atoms with Crippen molar-refractivity contribution in [3.8, 4) is 0 Å². The van der Waals surface area contributed by atoms with Crippen molar-refractivity contribution < 1.29 is 17.6 Å². The highest BCUT2D eigenvalue weighted by molar-refractivity contribution is 7.89. The Kier molecular flexibility index (Phi) is 4.62. The molecule has 0 saturated heterocycles. The molecule has 0 saturated carbocycles. The first-order valence-corrected chi connectivity index (χ1v) is 6.63. The third kappa shape index (κ3) is 4.30. The van der Waals surface area contributed by atoms with Crippen LogP contribution in [-0.2, 0) is 14.8 Å². The summed E-state index contributed by atoms with van der Waals surface area (Å²) in [6, 6.07) is 3.04. The highest BCUT2D eigenvalue weighted by Crippen LogP contribution is 2.15. The van der Waals surface area contributed by atoms with Crippen LogP contribution in [0.1, 0.15) is 12.8 Å². The number of anilines is 1. The van der Waals surface area contributed by atoms with E-state index in [-0.39, 0.29) is 30.0 Å². The molecule has 1 amide bonds. The van der Waals surface area contributed by atoms with Crippen molar-refractivity contribution in [3.63, 3.8) is 0 Å². The molecule has 0 aliphatic rings. The number of primary amides is 1. The van der Waals surface area contributed by atoms with Crippen molar-refractivity contribution in [1.29, 1.82) is 0 Å². The van der Waals surface area contributed by atoms with Gasteiger partial charge in [-0.15, -0.1) is 0 Å². The van der Waals surface area contributed by atoms with Gasteiger partial charge in [0.1, 0.15) is 5.82 Å². The maximum atomic E-state index is 13.0. The quantitative estimate of drug-likeness (QED) is 0.498. The first-order chi connectivity index (χ1) is 8.31. The van der Waals surface area contributed by atoms with Crippen molar-refractivity contribution in [2.24, 2.45) is 5.73 Å². The fourth-order valence-electron chi connectivity index (χ4n) is 1.29. The van der Waals surface area contributed by atoms with E-state index >= 15 is 0 Å². The van der Waals surface area contributed by atoms with Crippen molar-refractivity contribution in [2.75, 3.05) is 12.3 Å². The van der Waals surface area contributed by atoms with Crippen LogP contribution in [0, 0.1) is 5.82 Å². The zero-order chi connectivity index (χ0) is 13.8. The monoisotopic (exact) mass is 275 g/mol. The topological polar surface area (TPSA) is 115 Å². The normalized spacial score (nSPS) is 11.4. The van der Waals surface area contributed by atoms with E-state index in [2.05, 4.69) is 4.72 Å². The predicted octanol–water partition coefficient (Wildman–Crippen LogP) is -0.0483. The molecule has 0 atom stereocenters. The first-order valence-electron chi connectivity index (χ1n) is 5.15. The van der Waals surface area contributed by atoms with Crippen molar-refractivity contribution in [1.82, 2.24) is 4.72 Å². The molecule has 100 valence electrons. The van der Waals surface area contributed by atoms with Gasteiger partial charge in [0, 0.05) is 18.7 Å². The van der Waals surface area contributed by atoms with E-state index in [1.165, 1.54) is 0 Å². The SMILES string of the molecule is NC(=O)CCCNS(=O)(=O)c1cc(N)cc(F)c1. The number of carbonyl (C=O) groups is 1. The van der Waals surface area contributed by atoms with Gasteiger partial charge in [-0.2, -0.15) is 0 Å². The van der Waals surface area contributed by atoms with Crippen LogP contribution in [0.5, 0.6) is 0 Å². The summed E-state index contributed by atoms with van der Waals surface area (Å²) in [7, 11) is -3.83. The Morgan fingerprint density at radius 3 is 2.56 bits per heavy atom. The lowest BCUT2D eigenvalue weighted by Crippen LogP contribution is -2.26. The molecule has 0 bridgehead atoms. The molecule has 0 unspecified atom stereocenters. The lowest BCUT2D eigenvalue weighted by molar-refractivity contribution is -0.118. The van der Waals surface area contributed by atoms with Crippen LogP contribution in [0.4, 0.5) is 10.1 Å². The molecule has 18 heavy (non-hydrogen) atoms. The molecule has 0 heterocycles. The molecule has 1 aromatic rings. The Labute approximate surface area is 104 Å². The molecule has 0 aliphatic carbocycles. The van der Waals surface area contributed by atoms with Crippen molar-refractivity contribution in [2.45, 2.75) is 17.7 Å². The summed E-state index contributed by atoms with van der Waals surface area (Å²) in [5.41, 5.74) is 10.3. The van der Waals surface area contributed by atoms with E-state index in [1.807, 2.05) is 0 Å². The van der Waals surface area contributed by atoms with Gasteiger partial charge in [0.15, 0.2) is 0 Å². The molecule has 0 aliphatic heterocycles. The van der Waals surface area contributed by atoms with Crippen molar-refractivity contribution in [3.05, 3.63) is 24.0 Å². The Balaban J connectivity index is 2.71. The van der Waals surface area contributed by atoms with E-state index in [1.54, 1.807) is 0 Å². The van der Waals surface area contributed by atoms with Crippen LogP contribution < -0.4 is 16.2 Å². The Morgan fingerprint density at radius 2 is 2.00 bits per heavy atom. The average Bonchev–Trinajstić information content (AvgIpc) is 2.23. The third-order valence-corrected chi connectivity index (χ3v) is 3.54. The third-order valence-electron chi connectivity index (χ3n) is 2.10. The lowest BCUT2D eigenvalue weighted by Gasteiger charge is -2.07. The van der Waals surface area contributed by atoms with Gasteiger partial charge in [0.2, 0.25) is 15.9 Å². The van der Waals surface area contributed by atoms with Crippen LogP contribution in [-0.4, -0.2) is 20.9 Å². The summed E-state index contributed by atoms with van der Waals surface area (Å²) in [5.74, 6) is -1.24. The number of halogens is 1. The van der Waals surface area contributed by atoms with Gasteiger partial charge in [-0.25, -0.2) is 17.5 Å². The summed E-state index contributed by atoms with van der Waals surface area (Å²) in [6.45, 7) is 0.0433. The molecule has 1 rings (SSSR count). The smallest absolute Gasteiger partial charge is 0.240 e. The van der Waals surface area contributed by atoms with Gasteiger partial charge in [0.25, 0.3) is 0 Å². The standard InChI is InChI=1S/C10H14FN3O3S/c11-7-4-8(12)6-9(5-7)18(16,17)14-3-1-2-10(13)15/h4-6,14H,1-3,12H2,(H2,13,15). The summed E-state index contributed by atoms with van der Waals surface area (Å²) in [6.07, 6.45) is 0.354. The predicted molar refractivity (Wildman–Crippen MR) is 64.4 cm³/mol. The number of hydrogen-bond donors (Lipinski definition) is 3. The van der Waals surface area contributed by atoms with E-state index in [0.717, 1.165) is 18.2 Å². The molecule has 0 radical (unpaired) electrons. The number of benzene rings is 1. The van der Waals surface area contributed by atoms with Crippen LogP contribution in [0.25, 0.3) is 0 Å². The number of rotatable bonds is 6. The number of nitrogens with one attached hydrogen (secondary N) is 1.